The van der Waals surface area contributed by atoms with Gasteiger partial charge in [0.2, 0.25) is 16.3 Å². The van der Waals surface area contributed by atoms with Gasteiger partial charge in [-0.1, -0.05) is 0 Å². The van der Waals surface area contributed by atoms with Crippen molar-refractivity contribution in [2.45, 2.75) is 89.0 Å². The van der Waals surface area contributed by atoms with Crippen LogP contribution < -0.4 is 4.72 Å². The molecule has 1 aliphatic carbocycles. The van der Waals surface area contributed by atoms with Gasteiger partial charge in [0.1, 0.15) is 5.60 Å². The zero-order valence-corrected chi connectivity index (χ0v) is 19.6. The highest BCUT2D eigenvalue weighted by Crippen LogP contribution is 2.27. The van der Waals surface area contributed by atoms with Gasteiger partial charge in [-0.15, -0.1) is 11.6 Å². The van der Waals surface area contributed by atoms with Crippen LogP contribution in [-0.4, -0.2) is 67.8 Å². The zero-order chi connectivity index (χ0) is 22.4. The zero-order valence-electron chi connectivity index (χ0n) is 18.1. The first-order valence-corrected chi connectivity index (χ1v) is 12.7. The lowest BCUT2D eigenvalue weighted by Gasteiger charge is -2.34. The predicted octanol–water partition coefficient (Wildman–Crippen LogP) is 2.31. The molecule has 2 unspecified atom stereocenters. The number of hydrogen-bond donors (Lipinski definition) is 1. The van der Waals surface area contributed by atoms with Crippen molar-refractivity contribution in [3.8, 4) is 0 Å². The molecule has 1 aliphatic heterocycles. The van der Waals surface area contributed by atoms with Crippen molar-refractivity contribution in [2.75, 3.05) is 19.0 Å². The van der Waals surface area contributed by atoms with Crippen molar-refractivity contribution in [1.29, 1.82) is 0 Å². The van der Waals surface area contributed by atoms with Gasteiger partial charge < -0.3 is 9.47 Å². The minimum Gasteiger partial charge on any atom is -0.459 e. The Hall–Kier alpha value is -0.740. The Labute approximate surface area is 185 Å². The molecule has 1 N–H and O–H groups in total. The van der Waals surface area contributed by atoms with Gasteiger partial charge in [-0.25, -0.2) is 8.42 Å². The van der Waals surface area contributed by atoms with Gasteiger partial charge in [-0.3, -0.25) is 14.5 Å². The molecule has 30 heavy (non-hydrogen) atoms. The monoisotopic (exact) mass is 465 g/mol. The van der Waals surface area contributed by atoms with Crippen molar-refractivity contribution in [2.24, 2.45) is 5.92 Å². The number of carbonyl (C=O) groups excluding carboxylic acids is 2. The van der Waals surface area contributed by atoms with Crippen LogP contribution >= 0.6 is 11.6 Å². The SMILES string of the molecule is CC(C)(C)OC(=O)C(CCCl)S(=O)(=O)NC(O[C@H]1CC[C@H]([C]=O)CC1)N1CCCC1. The van der Waals surface area contributed by atoms with Crippen LogP contribution in [0.2, 0.25) is 0 Å². The lowest BCUT2D eigenvalue weighted by atomic mass is 9.88. The molecule has 173 valence electrons. The molecule has 1 saturated heterocycles. The second-order valence-electron chi connectivity index (χ2n) is 8.99. The van der Waals surface area contributed by atoms with Crippen LogP contribution in [0, 0.1) is 5.92 Å². The third-order valence-corrected chi connectivity index (χ3v) is 7.24. The third kappa shape index (κ3) is 7.75. The third-order valence-electron chi connectivity index (χ3n) is 5.32. The lowest BCUT2D eigenvalue weighted by molar-refractivity contribution is -0.154. The summed E-state index contributed by atoms with van der Waals surface area (Å²) in [6.07, 6.45) is 5.57. The van der Waals surface area contributed by atoms with Crippen LogP contribution in [0.25, 0.3) is 0 Å². The van der Waals surface area contributed by atoms with Crippen molar-refractivity contribution >= 4 is 33.9 Å². The molecule has 0 spiro atoms. The van der Waals surface area contributed by atoms with Crippen LogP contribution in [0.3, 0.4) is 0 Å². The largest absolute Gasteiger partial charge is 0.459 e. The quantitative estimate of drug-likeness (QED) is 0.300. The molecule has 2 atom stereocenters. The fraction of sp³-hybridized carbons (Fsp3) is 0.900. The minimum absolute atomic E-state index is 0.00622. The summed E-state index contributed by atoms with van der Waals surface area (Å²) >= 11 is 5.79. The van der Waals surface area contributed by atoms with E-state index in [1.807, 2.05) is 11.2 Å². The number of hydrogen-bond acceptors (Lipinski definition) is 7. The Kier molecular flexibility index (Phi) is 9.55. The number of nitrogens with zero attached hydrogens (tertiary/aromatic N) is 1. The van der Waals surface area contributed by atoms with E-state index >= 15 is 0 Å². The first-order valence-electron chi connectivity index (χ1n) is 10.6. The highest BCUT2D eigenvalue weighted by atomic mass is 35.5. The number of ether oxygens (including phenoxy) is 2. The van der Waals surface area contributed by atoms with Crippen LogP contribution in [0.4, 0.5) is 0 Å². The molecule has 0 aromatic rings. The van der Waals surface area contributed by atoms with Crippen LogP contribution in [-0.2, 0) is 29.1 Å². The van der Waals surface area contributed by atoms with Gasteiger partial charge in [0.15, 0.2) is 11.6 Å². The van der Waals surface area contributed by atoms with E-state index in [1.165, 1.54) is 0 Å². The summed E-state index contributed by atoms with van der Waals surface area (Å²) in [5, 5.41) is -1.41. The summed E-state index contributed by atoms with van der Waals surface area (Å²) in [5.74, 6) is -0.892. The molecule has 1 heterocycles. The van der Waals surface area contributed by atoms with E-state index < -0.39 is 33.2 Å². The summed E-state index contributed by atoms with van der Waals surface area (Å²) in [7, 11) is -4.10. The van der Waals surface area contributed by atoms with Gasteiger partial charge in [-0.2, -0.15) is 4.72 Å². The Bertz CT molecular complexity index is 667. The number of alkyl halides is 1. The van der Waals surface area contributed by atoms with E-state index in [4.69, 9.17) is 21.1 Å². The summed E-state index contributed by atoms with van der Waals surface area (Å²) in [6.45, 7) is 6.47. The lowest BCUT2D eigenvalue weighted by Crippen LogP contribution is -2.54. The molecule has 10 heteroatoms. The normalized spacial score (nSPS) is 25.6. The Morgan fingerprint density at radius 2 is 1.80 bits per heavy atom. The topological polar surface area (TPSA) is 102 Å². The van der Waals surface area contributed by atoms with Gasteiger partial charge in [0.25, 0.3) is 0 Å². The predicted molar refractivity (Wildman–Crippen MR) is 114 cm³/mol. The molecule has 2 aliphatic rings. The molecule has 2 fully saturated rings. The number of halogens is 1. The summed E-state index contributed by atoms with van der Waals surface area (Å²) in [6, 6.07) is 0. The molecular formula is C20H34ClN2O6S. The van der Waals surface area contributed by atoms with Gasteiger partial charge in [-0.05, 0) is 65.7 Å². The van der Waals surface area contributed by atoms with E-state index in [9.17, 15) is 18.0 Å². The maximum absolute atomic E-state index is 13.1. The average Bonchev–Trinajstić information content (AvgIpc) is 3.19. The van der Waals surface area contributed by atoms with E-state index in [0.29, 0.717) is 38.8 Å². The van der Waals surface area contributed by atoms with Gasteiger partial charge >= 0.3 is 5.97 Å². The standard InChI is InChI=1S/C20H34ClN2O6S/c1-20(2,3)29-18(25)17(10-11-21)30(26,27)22-19(23-12-4-5-13-23)28-16-8-6-15(14-24)7-9-16/h15-17,19,22H,4-13H2,1-3H3/t15-,16-,17?,19?. The molecule has 1 saturated carbocycles. The number of sulfonamides is 1. The average molecular weight is 466 g/mol. The summed E-state index contributed by atoms with van der Waals surface area (Å²) in [4.78, 5) is 25.4. The maximum Gasteiger partial charge on any atom is 0.326 e. The van der Waals surface area contributed by atoms with Crippen molar-refractivity contribution < 1.29 is 27.5 Å². The number of esters is 1. The summed E-state index contributed by atoms with van der Waals surface area (Å²) < 4.78 is 40.3. The van der Waals surface area contributed by atoms with Gasteiger partial charge in [0, 0.05) is 24.9 Å². The molecule has 8 nitrogen and oxygen atoms in total. The Morgan fingerprint density at radius 1 is 1.20 bits per heavy atom. The second-order valence-corrected chi connectivity index (χ2v) is 11.3. The smallest absolute Gasteiger partial charge is 0.326 e. The van der Waals surface area contributed by atoms with Gasteiger partial charge in [0.05, 0.1) is 6.10 Å². The number of likely N-dealkylation sites (tertiary alicyclic amines) is 1. The number of nitrogens with one attached hydrogen (secondary N) is 1. The first kappa shape index (κ1) is 25.5. The van der Waals surface area contributed by atoms with E-state index in [0.717, 1.165) is 12.8 Å². The second kappa shape index (κ2) is 11.2. The van der Waals surface area contributed by atoms with Crippen LogP contribution in [0.5, 0.6) is 0 Å². The van der Waals surface area contributed by atoms with E-state index in [2.05, 4.69) is 4.72 Å². The van der Waals surface area contributed by atoms with E-state index in [1.54, 1.807) is 20.8 Å². The molecule has 0 aromatic carbocycles. The van der Waals surface area contributed by atoms with E-state index in [-0.39, 0.29) is 24.3 Å². The molecule has 1 radical (unpaired) electrons. The molecule has 0 amide bonds. The maximum atomic E-state index is 13.1. The van der Waals surface area contributed by atoms with Crippen molar-refractivity contribution in [3.63, 3.8) is 0 Å². The fourth-order valence-electron chi connectivity index (χ4n) is 3.75. The molecule has 0 aromatic heterocycles. The molecule has 0 bridgehead atoms. The van der Waals surface area contributed by atoms with Crippen LogP contribution in [0.15, 0.2) is 0 Å². The highest BCUT2D eigenvalue weighted by molar-refractivity contribution is 7.90. The summed E-state index contributed by atoms with van der Waals surface area (Å²) in [5.41, 5.74) is -0.809. The molecular weight excluding hydrogens is 432 g/mol. The molecule has 2 rings (SSSR count). The van der Waals surface area contributed by atoms with Crippen LogP contribution in [0.1, 0.15) is 65.7 Å². The fourth-order valence-corrected chi connectivity index (χ4v) is 5.48. The highest BCUT2D eigenvalue weighted by Gasteiger charge is 2.39. The Balaban J connectivity index is 2.12. The Morgan fingerprint density at radius 3 is 2.30 bits per heavy atom. The first-order chi connectivity index (χ1) is 14.1. The van der Waals surface area contributed by atoms with Crippen molar-refractivity contribution in [1.82, 2.24) is 9.62 Å². The minimum atomic E-state index is -4.10. The number of rotatable bonds is 10. The number of carbonyl (C=O) groups is 1. The van der Waals surface area contributed by atoms with Crippen molar-refractivity contribution in [3.05, 3.63) is 0 Å².